The van der Waals surface area contributed by atoms with Crippen LogP contribution in [0.2, 0.25) is 5.02 Å². The Kier molecular flexibility index (Phi) is 6.42. The number of aromatic amines is 1. The topological polar surface area (TPSA) is 104 Å². The third-order valence-corrected chi connectivity index (χ3v) is 5.23. The number of benzene rings is 3. The van der Waals surface area contributed by atoms with E-state index in [9.17, 15) is 14.7 Å². The molecule has 3 aromatic carbocycles. The van der Waals surface area contributed by atoms with Crippen molar-refractivity contribution in [2.45, 2.75) is 6.54 Å². The second kappa shape index (κ2) is 9.58. The van der Waals surface area contributed by atoms with Gasteiger partial charge >= 0.3 is 0 Å². The van der Waals surface area contributed by atoms with Gasteiger partial charge < -0.3 is 20.1 Å². The van der Waals surface area contributed by atoms with Crippen molar-refractivity contribution < 1.29 is 14.6 Å². The molecular formula is C25H20ClN3O4. The van der Waals surface area contributed by atoms with Crippen molar-refractivity contribution in [3.63, 3.8) is 0 Å². The van der Waals surface area contributed by atoms with Crippen molar-refractivity contribution in [1.29, 1.82) is 0 Å². The van der Waals surface area contributed by atoms with Gasteiger partial charge in [0.15, 0.2) is 0 Å². The van der Waals surface area contributed by atoms with E-state index in [0.29, 0.717) is 39.5 Å². The SMILES string of the molecule is COc1cccc(CNC(=O)c2ccc3nc(/C=C(\O)c4ccc(Cl)cc4)c(=O)[nH]c3c2)c1. The van der Waals surface area contributed by atoms with Crippen molar-refractivity contribution in [3.05, 3.63) is 104 Å². The summed E-state index contributed by atoms with van der Waals surface area (Å²) in [5.41, 5.74) is 2.24. The number of carbonyl (C=O) groups excluding carboxylic acids is 1. The van der Waals surface area contributed by atoms with E-state index in [0.717, 1.165) is 5.56 Å². The van der Waals surface area contributed by atoms with E-state index in [-0.39, 0.29) is 17.4 Å². The average molecular weight is 462 g/mol. The molecule has 0 aliphatic rings. The molecule has 8 heteroatoms. The van der Waals surface area contributed by atoms with Gasteiger partial charge in [0.25, 0.3) is 11.5 Å². The van der Waals surface area contributed by atoms with Gasteiger partial charge in [0.2, 0.25) is 0 Å². The van der Waals surface area contributed by atoms with E-state index in [1.807, 2.05) is 24.3 Å². The first-order valence-corrected chi connectivity index (χ1v) is 10.4. The van der Waals surface area contributed by atoms with Crippen LogP contribution in [0.15, 0.2) is 71.5 Å². The van der Waals surface area contributed by atoms with Gasteiger partial charge in [0.1, 0.15) is 17.2 Å². The van der Waals surface area contributed by atoms with Crippen molar-refractivity contribution in [2.75, 3.05) is 7.11 Å². The molecule has 1 aromatic heterocycles. The van der Waals surface area contributed by atoms with Crippen LogP contribution < -0.4 is 15.6 Å². The molecule has 33 heavy (non-hydrogen) atoms. The fraction of sp³-hybridized carbons (Fsp3) is 0.0800. The monoisotopic (exact) mass is 461 g/mol. The quantitative estimate of drug-likeness (QED) is 0.365. The van der Waals surface area contributed by atoms with Gasteiger partial charge in [0.05, 0.1) is 18.1 Å². The fourth-order valence-corrected chi connectivity index (χ4v) is 3.37. The standard InChI is InChI=1S/C25H20ClN3O4/c1-33-19-4-2-3-15(11-19)14-27-24(31)17-7-10-20-21(12-17)29-25(32)22(28-20)13-23(30)16-5-8-18(26)9-6-16/h2-13,30H,14H2,1H3,(H,27,31)(H,29,32)/b23-13-. The molecule has 0 fully saturated rings. The number of H-pyrrole nitrogens is 1. The molecule has 0 bridgehead atoms. The Morgan fingerprint density at radius 3 is 2.64 bits per heavy atom. The Morgan fingerprint density at radius 1 is 1.12 bits per heavy atom. The van der Waals surface area contributed by atoms with Crippen LogP contribution in [0.1, 0.15) is 27.2 Å². The number of hydrogen-bond donors (Lipinski definition) is 3. The Labute approximate surface area is 194 Å². The van der Waals surface area contributed by atoms with Crippen LogP contribution in [0, 0.1) is 0 Å². The summed E-state index contributed by atoms with van der Waals surface area (Å²) in [7, 11) is 1.59. The molecule has 0 spiro atoms. The lowest BCUT2D eigenvalue weighted by Crippen LogP contribution is -2.23. The van der Waals surface area contributed by atoms with Gasteiger partial charge in [-0.15, -0.1) is 0 Å². The maximum atomic E-state index is 12.6. The number of aromatic nitrogens is 2. The molecule has 0 saturated heterocycles. The van der Waals surface area contributed by atoms with Crippen molar-refractivity contribution >= 4 is 40.4 Å². The van der Waals surface area contributed by atoms with Crippen LogP contribution in [-0.4, -0.2) is 28.1 Å². The zero-order valence-electron chi connectivity index (χ0n) is 17.6. The van der Waals surface area contributed by atoms with Crippen LogP contribution in [0.25, 0.3) is 22.9 Å². The molecular weight excluding hydrogens is 442 g/mol. The number of aliphatic hydroxyl groups excluding tert-OH is 1. The number of hydrogen-bond acceptors (Lipinski definition) is 5. The van der Waals surface area contributed by atoms with Crippen LogP contribution in [0.4, 0.5) is 0 Å². The number of aliphatic hydroxyl groups is 1. The number of methoxy groups -OCH3 is 1. The van der Waals surface area contributed by atoms with E-state index in [4.69, 9.17) is 16.3 Å². The molecule has 1 amide bonds. The molecule has 166 valence electrons. The summed E-state index contributed by atoms with van der Waals surface area (Å²) < 4.78 is 5.19. The Morgan fingerprint density at radius 2 is 1.88 bits per heavy atom. The molecule has 3 N–H and O–H groups in total. The van der Waals surface area contributed by atoms with E-state index >= 15 is 0 Å². The largest absolute Gasteiger partial charge is 0.507 e. The highest BCUT2D eigenvalue weighted by molar-refractivity contribution is 6.30. The molecule has 0 aliphatic carbocycles. The Balaban J connectivity index is 1.54. The molecule has 4 rings (SSSR count). The average Bonchev–Trinajstić information content (AvgIpc) is 2.83. The number of fused-ring (bicyclic) bond motifs is 1. The number of nitrogens with zero attached hydrogens (tertiary/aromatic N) is 1. The lowest BCUT2D eigenvalue weighted by atomic mass is 10.1. The van der Waals surface area contributed by atoms with Crippen molar-refractivity contribution in [1.82, 2.24) is 15.3 Å². The van der Waals surface area contributed by atoms with Crippen molar-refractivity contribution in [2.24, 2.45) is 0 Å². The number of ether oxygens (including phenoxy) is 1. The van der Waals surface area contributed by atoms with Gasteiger partial charge in [-0.2, -0.15) is 0 Å². The molecule has 1 heterocycles. The summed E-state index contributed by atoms with van der Waals surface area (Å²) in [5.74, 6) is 0.311. The predicted octanol–water partition coefficient (Wildman–Crippen LogP) is 4.57. The number of carbonyl (C=O) groups is 1. The lowest BCUT2D eigenvalue weighted by Gasteiger charge is -2.08. The molecule has 4 aromatic rings. The summed E-state index contributed by atoms with van der Waals surface area (Å²) >= 11 is 5.86. The maximum Gasteiger partial charge on any atom is 0.274 e. The third-order valence-electron chi connectivity index (χ3n) is 4.98. The highest BCUT2D eigenvalue weighted by Crippen LogP contribution is 2.18. The molecule has 0 atom stereocenters. The summed E-state index contributed by atoms with van der Waals surface area (Å²) in [5, 5.41) is 13.7. The minimum absolute atomic E-state index is 0.0465. The van der Waals surface area contributed by atoms with Crippen LogP contribution in [0.3, 0.4) is 0 Å². The molecule has 0 aliphatic heterocycles. The Bertz CT molecular complexity index is 1410. The first-order valence-electron chi connectivity index (χ1n) is 10.0. The summed E-state index contributed by atoms with van der Waals surface area (Å²) in [6.07, 6.45) is 1.29. The van der Waals surface area contributed by atoms with Gasteiger partial charge in [-0.3, -0.25) is 9.59 Å². The van der Waals surface area contributed by atoms with E-state index in [1.54, 1.807) is 49.6 Å². The van der Waals surface area contributed by atoms with E-state index in [1.165, 1.54) is 6.08 Å². The van der Waals surface area contributed by atoms with E-state index in [2.05, 4.69) is 15.3 Å². The Hall–Kier alpha value is -4.10. The van der Waals surface area contributed by atoms with E-state index < -0.39 is 5.56 Å². The van der Waals surface area contributed by atoms with Gasteiger partial charge in [-0.1, -0.05) is 23.7 Å². The fourth-order valence-electron chi connectivity index (χ4n) is 3.24. The maximum absolute atomic E-state index is 12.6. The summed E-state index contributed by atoms with van der Waals surface area (Å²) in [6, 6.07) is 18.8. The second-order valence-corrected chi connectivity index (χ2v) is 7.69. The first kappa shape index (κ1) is 22.1. The molecule has 0 radical (unpaired) electrons. The summed E-state index contributed by atoms with van der Waals surface area (Å²) in [6.45, 7) is 0.330. The smallest absolute Gasteiger partial charge is 0.274 e. The normalized spacial score (nSPS) is 11.4. The van der Waals surface area contributed by atoms with Gasteiger partial charge in [-0.05, 0) is 60.2 Å². The molecule has 0 saturated carbocycles. The molecule has 7 nitrogen and oxygen atoms in total. The van der Waals surface area contributed by atoms with Gasteiger partial charge in [0, 0.05) is 28.8 Å². The number of rotatable bonds is 6. The number of halogens is 1. The third kappa shape index (κ3) is 5.22. The van der Waals surface area contributed by atoms with Crippen LogP contribution in [-0.2, 0) is 6.54 Å². The lowest BCUT2D eigenvalue weighted by molar-refractivity contribution is 0.0951. The zero-order chi connectivity index (χ0) is 23.4. The second-order valence-electron chi connectivity index (χ2n) is 7.25. The van der Waals surface area contributed by atoms with Crippen molar-refractivity contribution in [3.8, 4) is 5.75 Å². The minimum Gasteiger partial charge on any atom is -0.507 e. The number of amides is 1. The molecule has 0 unspecified atom stereocenters. The van der Waals surface area contributed by atoms with Crippen LogP contribution >= 0.6 is 11.6 Å². The van der Waals surface area contributed by atoms with Gasteiger partial charge in [-0.25, -0.2) is 4.98 Å². The number of nitrogens with one attached hydrogen (secondary N) is 2. The first-order chi connectivity index (χ1) is 15.9. The predicted molar refractivity (Wildman–Crippen MR) is 128 cm³/mol. The zero-order valence-corrected chi connectivity index (χ0v) is 18.4. The minimum atomic E-state index is -0.489. The highest BCUT2D eigenvalue weighted by atomic mass is 35.5. The van der Waals surface area contributed by atoms with Crippen LogP contribution in [0.5, 0.6) is 5.75 Å². The summed E-state index contributed by atoms with van der Waals surface area (Å²) in [4.78, 5) is 32.1. The highest BCUT2D eigenvalue weighted by Gasteiger charge is 2.10.